The second kappa shape index (κ2) is 3.51. The minimum atomic E-state index is -2.71. The Hall–Kier alpha value is -0.860. The second-order valence-electron chi connectivity index (χ2n) is 2.56. The first kappa shape index (κ1) is 8.24. The van der Waals surface area contributed by atoms with Crippen LogP contribution in [0.1, 0.15) is 13.3 Å². The predicted octanol–water partition coefficient (Wildman–Crippen LogP) is 2.71. The van der Waals surface area contributed by atoms with E-state index in [0.717, 1.165) is 6.42 Å². The molecule has 0 N–H and O–H groups in total. The minimum absolute atomic E-state index is 0.276. The van der Waals surface area contributed by atoms with Gasteiger partial charge in [-0.05, 0) is 24.5 Å². The van der Waals surface area contributed by atoms with Crippen molar-refractivity contribution < 1.29 is 13.5 Å². The Bertz CT molecular complexity index is 185. The monoisotopic (exact) mass is 160 g/mol. The summed E-state index contributed by atoms with van der Waals surface area (Å²) < 4.78 is 27.4. The summed E-state index contributed by atoms with van der Waals surface area (Å²) in [6, 6.07) is 0. The van der Waals surface area contributed by atoms with Gasteiger partial charge in [0.2, 0.25) is 0 Å². The summed E-state index contributed by atoms with van der Waals surface area (Å²) >= 11 is 0. The van der Waals surface area contributed by atoms with E-state index in [4.69, 9.17) is 0 Å². The Balaban J connectivity index is 2.43. The van der Waals surface area contributed by atoms with Gasteiger partial charge < -0.3 is 4.74 Å². The molecular weight excluding hydrogens is 150 g/mol. The molecule has 0 amide bonds. The van der Waals surface area contributed by atoms with Crippen molar-refractivity contribution in [3.8, 4) is 0 Å². The van der Waals surface area contributed by atoms with Crippen LogP contribution in [-0.2, 0) is 4.74 Å². The van der Waals surface area contributed by atoms with Crippen LogP contribution >= 0.6 is 0 Å². The fourth-order valence-electron chi connectivity index (χ4n) is 0.898. The molecule has 0 aromatic rings. The third-order valence-corrected chi connectivity index (χ3v) is 1.51. The first-order chi connectivity index (χ1) is 5.18. The van der Waals surface area contributed by atoms with Crippen LogP contribution in [-0.4, -0.2) is 6.61 Å². The van der Waals surface area contributed by atoms with Crippen molar-refractivity contribution in [2.45, 2.75) is 20.0 Å². The Morgan fingerprint density at radius 3 is 2.82 bits per heavy atom. The first-order valence-electron chi connectivity index (χ1n) is 3.51. The number of hydrogen-bond acceptors (Lipinski definition) is 1. The lowest BCUT2D eigenvalue weighted by Gasteiger charge is -2.11. The van der Waals surface area contributed by atoms with E-state index in [-0.39, 0.29) is 5.76 Å². The minimum Gasteiger partial charge on any atom is -0.435 e. The Morgan fingerprint density at radius 1 is 1.64 bits per heavy atom. The molecule has 0 fully saturated rings. The van der Waals surface area contributed by atoms with Crippen LogP contribution in [0, 0.1) is 5.92 Å². The third-order valence-electron chi connectivity index (χ3n) is 1.51. The van der Waals surface area contributed by atoms with Gasteiger partial charge in [-0.3, -0.25) is 0 Å². The Kier molecular flexibility index (Phi) is 2.63. The molecule has 0 heterocycles. The number of hydrogen-bond donors (Lipinski definition) is 0. The van der Waals surface area contributed by atoms with Crippen molar-refractivity contribution >= 4 is 0 Å². The molecule has 1 aliphatic carbocycles. The van der Waals surface area contributed by atoms with Gasteiger partial charge >= 0.3 is 6.61 Å². The van der Waals surface area contributed by atoms with Crippen molar-refractivity contribution in [2.75, 3.05) is 0 Å². The summed E-state index contributed by atoms with van der Waals surface area (Å²) in [6.07, 6.45) is 5.90. The van der Waals surface area contributed by atoms with Crippen LogP contribution in [0.5, 0.6) is 0 Å². The average molecular weight is 160 g/mol. The highest BCUT2D eigenvalue weighted by atomic mass is 19.3. The molecule has 11 heavy (non-hydrogen) atoms. The van der Waals surface area contributed by atoms with Crippen molar-refractivity contribution in [3.63, 3.8) is 0 Å². The Labute approximate surface area is 64.4 Å². The van der Waals surface area contributed by atoms with Gasteiger partial charge in [-0.2, -0.15) is 8.78 Å². The fraction of sp³-hybridized carbons (Fsp3) is 0.500. The predicted molar refractivity (Wildman–Crippen MR) is 38.1 cm³/mol. The quantitative estimate of drug-likeness (QED) is 0.603. The standard InChI is InChI=1S/C8H10F2O/c1-6-2-4-7(5-3-6)11-8(9)10/h2,4-6,8H,3H2,1H3/t6-/m0/s1. The number of alkyl halides is 2. The maximum Gasteiger partial charge on any atom is 0.387 e. The van der Waals surface area contributed by atoms with Crippen molar-refractivity contribution in [2.24, 2.45) is 5.92 Å². The van der Waals surface area contributed by atoms with Crippen molar-refractivity contribution in [3.05, 3.63) is 24.0 Å². The van der Waals surface area contributed by atoms with Crippen LogP contribution in [0.4, 0.5) is 8.78 Å². The van der Waals surface area contributed by atoms with E-state index in [2.05, 4.69) is 4.74 Å². The maximum atomic E-state index is 11.6. The van der Waals surface area contributed by atoms with E-state index < -0.39 is 6.61 Å². The van der Waals surface area contributed by atoms with Gasteiger partial charge in [-0.1, -0.05) is 13.0 Å². The van der Waals surface area contributed by atoms with E-state index in [1.807, 2.05) is 13.0 Å². The lowest BCUT2D eigenvalue weighted by molar-refractivity contribution is -0.0926. The summed E-state index contributed by atoms with van der Waals surface area (Å²) in [4.78, 5) is 0. The molecule has 1 atom stereocenters. The van der Waals surface area contributed by atoms with Crippen LogP contribution in [0.3, 0.4) is 0 Å². The van der Waals surface area contributed by atoms with Gasteiger partial charge in [0.25, 0.3) is 0 Å². The molecule has 0 radical (unpaired) electrons. The van der Waals surface area contributed by atoms with E-state index in [1.165, 1.54) is 0 Å². The number of halogens is 2. The van der Waals surface area contributed by atoms with Gasteiger partial charge in [0.15, 0.2) is 0 Å². The Morgan fingerprint density at radius 2 is 2.36 bits per heavy atom. The summed E-state index contributed by atoms with van der Waals surface area (Å²) in [5.41, 5.74) is 0. The van der Waals surface area contributed by atoms with Crippen LogP contribution in [0.25, 0.3) is 0 Å². The lowest BCUT2D eigenvalue weighted by Crippen LogP contribution is -2.01. The van der Waals surface area contributed by atoms with Gasteiger partial charge in [-0.25, -0.2) is 0 Å². The fourth-order valence-corrected chi connectivity index (χ4v) is 0.898. The molecule has 0 saturated carbocycles. The zero-order chi connectivity index (χ0) is 8.27. The molecular formula is C8H10F2O. The van der Waals surface area contributed by atoms with Crippen molar-refractivity contribution in [1.29, 1.82) is 0 Å². The van der Waals surface area contributed by atoms with E-state index in [0.29, 0.717) is 5.92 Å². The van der Waals surface area contributed by atoms with Crippen LogP contribution < -0.4 is 0 Å². The van der Waals surface area contributed by atoms with E-state index in [9.17, 15) is 8.78 Å². The highest BCUT2D eigenvalue weighted by Crippen LogP contribution is 2.17. The lowest BCUT2D eigenvalue weighted by atomic mass is 10.0. The SMILES string of the molecule is C[C@H]1C=CC(OC(F)F)=CC1. The molecule has 1 aliphatic rings. The van der Waals surface area contributed by atoms with Crippen molar-refractivity contribution in [1.82, 2.24) is 0 Å². The van der Waals surface area contributed by atoms with E-state index >= 15 is 0 Å². The molecule has 1 rings (SSSR count). The molecule has 0 aliphatic heterocycles. The molecule has 1 nitrogen and oxygen atoms in total. The number of allylic oxidation sites excluding steroid dienone is 3. The smallest absolute Gasteiger partial charge is 0.387 e. The van der Waals surface area contributed by atoms with Gasteiger partial charge in [0, 0.05) is 0 Å². The van der Waals surface area contributed by atoms with E-state index in [1.54, 1.807) is 12.2 Å². The highest BCUT2D eigenvalue weighted by molar-refractivity contribution is 5.17. The second-order valence-corrected chi connectivity index (χ2v) is 2.56. The van der Waals surface area contributed by atoms with Gasteiger partial charge in [-0.15, -0.1) is 0 Å². The molecule has 3 heteroatoms. The number of rotatable bonds is 2. The third kappa shape index (κ3) is 2.70. The zero-order valence-corrected chi connectivity index (χ0v) is 6.26. The van der Waals surface area contributed by atoms with Crippen LogP contribution in [0.15, 0.2) is 24.0 Å². The maximum absolute atomic E-state index is 11.6. The summed E-state index contributed by atoms with van der Waals surface area (Å²) in [6.45, 7) is -0.689. The topological polar surface area (TPSA) is 9.23 Å². The molecule has 0 aromatic heterocycles. The summed E-state index contributed by atoms with van der Waals surface area (Å²) in [5.74, 6) is 0.707. The van der Waals surface area contributed by atoms with Crippen LogP contribution in [0.2, 0.25) is 0 Å². The zero-order valence-electron chi connectivity index (χ0n) is 6.26. The molecule has 0 spiro atoms. The largest absolute Gasteiger partial charge is 0.435 e. The van der Waals surface area contributed by atoms with Gasteiger partial charge in [0.05, 0.1) is 0 Å². The average Bonchev–Trinajstić information content (AvgIpc) is 1.93. The summed E-state index contributed by atoms with van der Waals surface area (Å²) in [7, 11) is 0. The molecule has 0 aromatic carbocycles. The first-order valence-corrected chi connectivity index (χ1v) is 3.51. The highest BCUT2D eigenvalue weighted by Gasteiger charge is 2.08. The molecule has 0 bridgehead atoms. The number of ether oxygens (including phenoxy) is 1. The normalized spacial score (nSPS) is 23.6. The summed E-state index contributed by atoms with van der Waals surface area (Å²) in [5, 5.41) is 0. The molecule has 62 valence electrons. The molecule has 0 saturated heterocycles. The van der Waals surface area contributed by atoms with Gasteiger partial charge in [0.1, 0.15) is 5.76 Å². The molecule has 0 unspecified atom stereocenters.